The van der Waals surface area contributed by atoms with Crippen LogP contribution in [0.5, 0.6) is 0 Å². The maximum absolute atomic E-state index is 11.9. The van der Waals surface area contributed by atoms with Crippen molar-refractivity contribution in [3.63, 3.8) is 0 Å². The number of nitrogens with one attached hydrogen (secondary N) is 1. The molecule has 0 aromatic heterocycles. The number of carbonyl (C=O) groups is 2. The smallest absolute Gasteiger partial charge is 0.407 e. The van der Waals surface area contributed by atoms with Crippen molar-refractivity contribution in [2.24, 2.45) is 17.8 Å². The predicted octanol–water partition coefficient (Wildman–Crippen LogP) is 2.10. The molecule has 5 heteroatoms. The molecule has 0 spiro atoms. The number of rotatable bonds is 2. The van der Waals surface area contributed by atoms with Crippen LogP contribution in [0.15, 0.2) is 0 Å². The molecule has 0 heterocycles. The minimum Gasteiger partial charge on any atom is -0.469 e. The summed E-state index contributed by atoms with van der Waals surface area (Å²) in [6, 6.07) is -0.138. The molecule has 0 saturated heterocycles. The Balaban J connectivity index is 2.02. The second kappa shape index (κ2) is 5.02. The highest BCUT2D eigenvalue weighted by molar-refractivity contribution is 5.76. The number of alkyl carbamates (subject to hydrolysis) is 1. The zero-order valence-corrected chi connectivity index (χ0v) is 12.1. The summed E-state index contributed by atoms with van der Waals surface area (Å²) >= 11 is 0. The van der Waals surface area contributed by atoms with Gasteiger partial charge in [0.2, 0.25) is 0 Å². The molecule has 0 aromatic carbocycles. The van der Waals surface area contributed by atoms with Crippen molar-refractivity contribution in [1.29, 1.82) is 0 Å². The fraction of sp³-hybridized carbons (Fsp3) is 0.857. The van der Waals surface area contributed by atoms with Crippen LogP contribution in [0.25, 0.3) is 0 Å². The Bertz CT molecular complexity index is 374. The summed E-state index contributed by atoms with van der Waals surface area (Å²) in [6.45, 7) is 5.47. The lowest BCUT2D eigenvalue weighted by Crippen LogP contribution is -2.48. The van der Waals surface area contributed by atoms with Gasteiger partial charge in [0.05, 0.1) is 13.0 Å². The van der Waals surface area contributed by atoms with Gasteiger partial charge in [-0.3, -0.25) is 4.79 Å². The third-order valence-electron chi connectivity index (χ3n) is 4.07. The monoisotopic (exact) mass is 269 g/mol. The van der Waals surface area contributed by atoms with E-state index in [4.69, 9.17) is 9.47 Å². The second-order valence-electron chi connectivity index (χ2n) is 6.55. The largest absolute Gasteiger partial charge is 0.469 e. The van der Waals surface area contributed by atoms with E-state index in [0.29, 0.717) is 11.8 Å². The molecule has 0 radical (unpaired) electrons. The molecular weight excluding hydrogens is 246 g/mol. The van der Waals surface area contributed by atoms with Crippen molar-refractivity contribution < 1.29 is 19.1 Å². The summed E-state index contributed by atoms with van der Waals surface area (Å²) in [6.07, 6.45) is 2.68. The van der Waals surface area contributed by atoms with Crippen LogP contribution < -0.4 is 5.32 Å². The summed E-state index contributed by atoms with van der Waals surface area (Å²) in [5, 5.41) is 2.87. The van der Waals surface area contributed by atoms with Crippen molar-refractivity contribution in [3.05, 3.63) is 0 Å². The Hall–Kier alpha value is -1.26. The number of carbonyl (C=O) groups excluding carboxylic acids is 2. The standard InChI is InChI=1S/C14H23NO4/c1-14(2,3)19-13(17)15-11-9-6-5-8(7-9)10(11)12(16)18-4/h8-11H,5-7H2,1-4H3,(H,15,17)/t8-,9+,10?,11-/m0/s1. The van der Waals surface area contributed by atoms with Crippen LogP contribution in [0.4, 0.5) is 4.79 Å². The van der Waals surface area contributed by atoms with E-state index in [1.165, 1.54) is 7.11 Å². The SMILES string of the molecule is COC(=O)C1[C@H]2CC[C@H](C2)[C@@H]1NC(=O)OC(C)(C)C. The number of ether oxygens (including phenoxy) is 2. The average Bonchev–Trinajstić information content (AvgIpc) is 2.85. The number of fused-ring (bicyclic) bond motifs is 2. The molecule has 108 valence electrons. The number of esters is 1. The van der Waals surface area contributed by atoms with E-state index in [9.17, 15) is 9.59 Å². The number of hydrogen-bond donors (Lipinski definition) is 1. The van der Waals surface area contributed by atoms with Crippen LogP contribution >= 0.6 is 0 Å². The Kier molecular flexibility index (Phi) is 3.74. The first-order valence-corrected chi connectivity index (χ1v) is 6.89. The van der Waals surface area contributed by atoms with Crippen molar-refractivity contribution in [2.45, 2.75) is 51.7 Å². The van der Waals surface area contributed by atoms with Gasteiger partial charge < -0.3 is 14.8 Å². The molecule has 2 aliphatic carbocycles. The first kappa shape index (κ1) is 14.2. The minimum atomic E-state index is -0.525. The molecule has 2 rings (SSSR count). The van der Waals surface area contributed by atoms with Gasteiger partial charge in [-0.1, -0.05) is 0 Å². The average molecular weight is 269 g/mol. The Morgan fingerprint density at radius 3 is 2.37 bits per heavy atom. The molecule has 2 aliphatic rings. The van der Waals surface area contributed by atoms with E-state index in [-0.39, 0.29) is 17.9 Å². The topological polar surface area (TPSA) is 64.6 Å². The summed E-state index contributed by atoms with van der Waals surface area (Å²) in [4.78, 5) is 23.7. The second-order valence-corrected chi connectivity index (χ2v) is 6.55. The molecule has 0 aliphatic heterocycles. The first-order valence-electron chi connectivity index (χ1n) is 6.89. The van der Waals surface area contributed by atoms with Gasteiger partial charge in [0.1, 0.15) is 5.60 Å². The highest BCUT2D eigenvalue weighted by atomic mass is 16.6. The van der Waals surface area contributed by atoms with Gasteiger partial charge in [0.15, 0.2) is 0 Å². The van der Waals surface area contributed by atoms with Gasteiger partial charge in [-0.05, 0) is 51.9 Å². The Morgan fingerprint density at radius 2 is 1.79 bits per heavy atom. The van der Waals surface area contributed by atoms with Gasteiger partial charge in [-0.15, -0.1) is 0 Å². The van der Waals surface area contributed by atoms with Gasteiger partial charge in [0.25, 0.3) is 0 Å². The molecule has 19 heavy (non-hydrogen) atoms. The lowest BCUT2D eigenvalue weighted by atomic mass is 9.84. The molecule has 2 bridgehead atoms. The quantitative estimate of drug-likeness (QED) is 0.780. The number of amides is 1. The zero-order valence-electron chi connectivity index (χ0n) is 12.1. The van der Waals surface area contributed by atoms with Crippen molar-refractivity contribution >= 4 is 12.1 Å². The van der Waals surface area contributed by atoms with Crippen LogP contribution in [0.1, 0.15) is 40.0 Å². The third kappa shape index (κ3) is 3.01. The minimum absolute atomic E-state index is 0.138. The summed E-state index contributed by atoms with van der Waals surface area (Å²) in [5.74, 6) is 0.295. The van der Waals surface area contributed by atoms with Gasteiger partial charge in [0, 0.05) is 6.04 Å². The summed E-state index contributed by atoms with van der Waals surface area (Å²) in [7, 11) is 1.40. The van der Waals surface area contributed by atoms with E-state index in [1.807, 2.05) is 20.8 Å². The van der Waals surface area contributed by atoms with Crippen molar-refractivity contribution in [1.82, 2.24) is 5.32 Å². The normalized spacial score (nSPS) is 33.1. The Labute approximate surface area is 114 Å². The van der Waals surface area contributed by atoms with E-state index < -0.39 is 11.7 Å². The number of hydrogen-bond acceptors (Lipinski definition) is 4. The highest BCUT2D eigenvalue weighted by Crippen LogP contribution is 2.48. The molecule has 4 atom stereocenters. The first-order chi connectivity index (χ1) is 8.81. The van der Waals surface area contributed by atoms with E-state index in [1.54, 1.807) is 0 Å². The molecule has 1 amide bonds. The van der Waals surface area contributed by atoms with Crippen LogP contribution in [0, 0.1) is 17.8 Å². The fourth-order valence-corrected chi connectivity index (χ4v) is 3.42. The van der Waals surface area contributed by atoms with E-state index in [0.717, 1.165) is 19.3 Å². The lowest BCUT2D eigenvalue weighted by molar-refractivity contribution is -0.148. The maximum Gasteiger partial charge on any atom is 0.407 e. The summed E-state index contributed by atoms with van der Waals surface area (Å²) in [5.41, 5.74) is -0.525. The molecule has 1 unspecified atom stereocenters. The molecule has 2 fully saturated rings. The van der Waals surface area contributed by atoms with Gasteiger partial charge in [-0.25, -0.2) is 4.79 Å². The third-order valence-corrected chi connectivity index (χ3v) is 4.07. The lowest BCUT2D eigenvalue weighted by Gasteiger charge is -2.30. The highest BCUT2D eigenvalue weighted by Gasteiger charge is 2.52. The molecule has 1 N–H and O–H groups in total. The zero-order chi connectivity index (χ0) is 14.2. The van der Waals surface area contributed by atoms with Crippen LogP contribution in [-0.4, -0.2) is 30.8 Å². The van der Waals surface area contributed by atoms with Gasteiger partial charge in [-0.2, -0.15) is 0 Å². The molecule has 0 aromatic rings. The van der Waals surface area contributed by atoms with Gasteiger partial charge >= 0.3 is 12.1 Å². The van der Waals surface area contributed by atoms with Crippen LogP contribution in [0.2, 0.25) is 0 Å². The molecule has 5 nitrogen and oxygen atoms in total. The van der Waals surface area contributed by atoms with E-state index >= 15 is 0 Å². The van der Waals surface area contributed by atoms with Crippen molar-refractivity contribution in [3.8, 4) is 0 Å². The predicted molar refractivity (Wildman–Crippen MR) is 69.5 cm³/mol. The molecular formula is C14H23NO4. The van der Waals surface area contributed by atoms with Crippen LogP contribution in [0.3, 0.4) is 0 Å². The Morgan fingerprint density at radius 1 is 1.16 bits per heavy atom. The van der Waals surface area contributed by atoms with Crippen molar-refractivity contribution in [2.75, 3.05) is 7.11 Å². The van der Waals surface area contributed by atoms with Crippen LogP contribution in [-0.2, 0) is 14.3 Å². The molecule has 2 saturated carbocycles. The van der Waals surface area contributed by atoms with E-state index in [2.05, 4.69) is 5.32 Å². The maximum atomic E-state index is 11.9. The number of methoxy groups -OCH3 is 1. The summed E-state index contributed by atoms with van der Waals surface area (Å²) < 4.78 is 10.1. The fourth-order valence-electron chi connectivity index (χ4n) is 3.42.